The number of hydrogen-bond acceptors (Lipinski definition) is 6. The van der Waals surface area contributed by atoms with Crippen molar-refractivity contribution in [3.63, 3.8) is 0 Å². The van der Waals surface area contributed by atoms with Crippen molar-refractivity contribution >= 4 is 20.1 Å². The van der Waals surface area contributed by atoms with Crippen LogP contribution in [0.4, 0.5) is 0 Å². The minimum absolute atomic E-state index is 0.0415. The van der Waals surface area contributed by atoms with Gasteiger partial charge in [-0.05, 0) is 0 Å². The largest absolute Gasteiger partial charge is 0.501 e. The van der Waals surface area contributed by atoms with Crippen LogP contribution in [0.1, 0.15) is 13.8 Å². The summed E-state index contributed by atoms with van der Waals surface area (Å²) in [6, 6.07) is 0. The third-order valence-electron chi connectivity index (χ3n) is 1.28. The van der Waals surface area contributed by atoms with E-state index in [1.54, 1.807) is 13.8 Å². The van der Waals surface area contributed by atoms with Crippen LogP contribution < -0.4 is 0 Å². The van der Waals surface area contributed by atoms with Crippen molar-refractivity contribution in [2.45, 2.75) is 13.8 Å². The van der Waals surface area contributed by atoms with Gasteiger partial charge < -0.3 is 5.11 Å². The van der Waals surface area contributed by atoms with Crippen LogP contribution in [0.2, 0.25) is 0 Å². The molecule has 12 heavy (non-hydrogen) atoms. The zero-order valence-corrected chi connectivity index (χ0v) is 8.56. The Bertz CT molecular complexity index is 198. The summed E-state index contributed by atoms with van der Waals surface area (Å²) in [6.07, 6.45) is 0. The first-order valence-corrected chi connectivity index (χ1v) is 5.50. The van der Waals surface area contributed by atoms with E-state index in [0.717, 1.165) is 0 Å². The van der Waals surface area contributed by atoms with Crippen LogP contribution in [-0.2, 0) is 17.0 Å². The molecule has 0 amide bonds. The van der Waals surface area contributed by atoms with Crippen molar-refractivity contribution in [3.05, 3.63) is 0 Å². The van der Waals surface area contributed by atoms with Crippen LogP contribution in [0.3, 0.4) is 0 Å². The standard InChI is InChI=1S/C5H11O5PS/c1-5(2,3-6)4-8-11(7)9-12-10-11/h6H,3-4H2,1-2H3. The van der Waals surface area contributed by atoms with Gasteiger partial charge in [0.05, 0.1) is 13.2 Å². The van der Waals surface area contributed by atoms with E-state index < -0.39 is 13.2 Å². The molecule has 0 radical (unpaired) electrons. The predicted molar refractivity (Wildman–Crippen MR) is 44.2 cm³/mol. The van der Waals surface area contributed by atoms with E-state index in [4.69, 9.17) is 9.63 Å². The Kier molecular flexibility index (Phi) is 3.20. The fourth-order valence-electron chi connectivity index (χ4n) is 0.423. The minimum atomic E-state index is -3.25. The van der Waals surface area contributed by atoms with Gasteiger partial charge in [-0.3, -0.25) is 4.52 Å². The van der Waals surface area contributed by atoms with Gasteiger partial charge >= 0.3 is 7.82 Å². The third kappa shape index (κ3) is 2.73. The highest BCUT2D eigenvalue weighted by atomic mass is 32.2. The summed E-state index contributed by atoms with van der Waals surface area (Å²) in [7, 11) is -3.25. The maximum atomic E-state index is 11.1. The molecule has 0 bridgehead atoms. The van der Waals surface area contributed by atoms with Crippen LogP contribution in [0.5, 0.6) is 0 Å². The Morgan fingerprint density at radius 2 is 2.17 bits per heavy atom. The van der Waals surface area contributed by atoms with E-state index in [2.05, 4.69) is 7.94 Å². The molecule has 5 nitrogen and oxygen atoms in total. The molecule has 0 spiro atoms. The zero-order chi connectivity index (χ0) is 9.24. The molecule has 1 aliphatic heterocycles. The third-order valence-corrected chi connectivity index (χ3v) is 3.68. The smallest absolute Gasteiger partial charge is 0.396 e. The molecule has 0 saturated carbocycles. The van der Waals surface area contributed by atoms with Gasteiger partial charge in [-0.2, -0.15) is 7.94 Å². The van der Waals surface area contributed by atoms with Gasteiger partial charge in [-0.15, -0.1) is 0 Å². The summed E-state index contributed by atoms with van der Waals surface area (Å²) in [5.74, 6) is 0. The summed E-state index contributed by atoms with van der Waals surface area (Å²) in [4.78, 5) is 0. The van der Waals surface area contributed by atoms with Gasteiger partial charge in [0, 0.05) is 5.41 Å². The van der Waals surface area contributed by atoms with Crippen molar-refractivity contribution < 1.29 is 22.1 Å². The number of phosphoric acid groups is 1. The van der Waals surface area contributed by atoms with Crippen molar-refractivity contribution in [1.29, 1.82) is 0 Å². The monoisotopic (exact) mass is 214 g/mol. The van der Waals surface area contributed by atoms with Gasteiger partial charge in [-0.1, -0.05) is 13.8 Å². The Hall–Kier alpha value is 0.420. The molecule has 1 saturated heterocycles. The average Bonchev–Trinajstić information content (AvgIpc) is 1.98. The van der Waals surface area contributed by atoms with Gasteiger partial charge in [0.1, 0.15) is 0 Å². The fraction of sp³-hybridized carbons (Fsp3) is 1.00. The van der Waals surface area contributed by atoms with Crippen molar-refractivity contribution in [2.75, 3.05) is 13.2 Å². The van der Waals surface area contributed by atoms with Gasteiger partial charge in [-0.25, -0.2) is 4.57 Å². The molecule has 0 aliphatic carbocycles. The lowest BCUT2D eigenvalue weighted by Gasteiger charge is -2.26. The molecule has 1 aliphatic rings. The molecule has 0 aromatic carbocycles. The molecular formula is C5H11O5PS. The first-order chi connectivity index (χ1) is 5.47. The molecule has 7 heteroatoms. The van der Waals surface area contributed by atoms with Gasteiger partial charge in [0.25, 0.3) is 0 Å². The zero-order valence-electron chi connectivity index (χ0n) is 6.85. The Labute approximate surface area is 75.4 Å². The van der Waals surface area contributed by atoms with E-state index in [9.17, 15) is 4.57 Å². The van der Waals surface area contributed by atoms with Crippen LogP contribution in [0.25, 0.3) is 0 Å². The Balaban J connectivity index is 2.29. The lowest BCUT2D eigenvalue weighted by atomic mass is 9.97. The van der Waals surface area contributed by atoms with E-state index in [0.29, 0.717) is 12.3 Å². The average molecular weight is 214 g/mol. The van der Waals surface area contributed by atoms with Crippen molar-refractivity contribution in [1.82, 2.24) is 0 Å². The normalized spacial score (nSPS) is 21.9. The second kappa shape index (κ2) is 3.65. The van der Waals surface area contributed by atoms with Crippen LogP contribution in [-0.4, -0.2) is 18.3 Å². The molecule has 1 N–H and O–H groups in total. The van der Waals surface area contributed by atoms with Gasteiger partial charge in [0.15, 0.2) is 12.3 Å². The fourth-order valence-corrected chi connectivity index (χ4v) is 1.92. The molecule has 1 rings (SSSR count). The molecule has 0 aromatic heterocycles. The molecule has 72 valence electrons. The second-order valence-electron chi connectivity index (χ2n) is 3.26. The summed E-state index contributed by atoms with van der Waals surface area (Å²) in [6.45, 7) is 3.67. The van der Waals surface area contributed by atoms with Crippen LogP contribution >= 0.6 is 20.1 Å². The summed E-state index contributed by atoms with van der Waals surface area (Å²) in [5.41, 5.74) is -0.426. The first-order valence-electron chi connectivity index (χ1n) is 3.38. The van der Waals surface area contributed by atoms with Crippen LogP contribution in [0, 0.1) is 5.41 Å². The summed E-state index contributed by atoms with van der Waals surface area (Å²) < 4.78 is 24.9. The quantitative estimate of drug-likeness (QED) is 0.568. The Morgan fingerprint density at radius 3 is 2.50 bits per heavy atom. The highest BCUT2D eigenvalue weighted by Gasteiger charge is 2.40. The minimum Gasteiger partial charge on any atom is -0.396 e. The Morgan fingerprint density at radius 1 is 1.58 bits per heavy atom. The highest BCUT2D eigenvalue weighted by Crippen LogP contribution is 2.65. The molecule has 1 fully saturated rings. The number of aliphatic hydroxyl groups is 1. The molecule has 0 aromatic rings. The predicted octanol–water partition coefficient (Wildman–Crippen LogP) is 1.74. The number of hydrogen-bond donors (Lipinski definition) is 1. The van der Waals surface area contributed by atoms with Gasteiger partial charge in [0.2, 0.25) is 0 Å². The highest BCUT2D eigenvalue weighted by molar-refractivity contribution is 8.02. The molecule has 0 unspecified atom stereocenters. The van der Waals surface area contributed by atoms with E-state index >= 15 is 0 Å². The topological polar surface area (TPSA) is 65.0 Å². The summed E-state index contributed by atoms with van der Waals surface area (Å²) >= 11 is 0.652. The maximum absolute atomic E-state index is 11.1. The van der Waals surface area contributed by atoms with E-state index in [1.165, 1.54) is 0 Å². The lowest BCUT2D eigenvalue weighted by molar-refractivity contribution is 0.0767. The maximum Gasteiger partial charge on any atom is 0.501 e. The summed E-state index contributed by atoms with van der Waals surface area (Å²) in [5, 5.41) is 8.83. The lowest BCUT2D eigenvalue weighted by Crippen LogP contribution is -2.23. The SMILES string of the molecule is CC(C)(CO)COP1(=O)OSO1. The van der Waals surface area contributed by atoms with Crippen molar-refractivity contribution in [3.8, 4) is 0 Å². The molecule has 0 atom stereocenters. The first kappa shape index (κ1) is 10.5. The van der Waals surface area contributed by atoms with Crippen LogP contribution in [0.15, 0.2) is 0 Å². The van der Waals surface area contributed by atoms with E-state index in [1.807, 2.05) is 0 Å². The number of rotatable bonds is 4. The molecular weight excluding hydrogens is 203 g/mol. The van der Waals surface area contributed by atoms with Crippen molar-refractivity contribution in [2.24, 2.45) is 5.41 Å². The molecule has 1 heterocycles. The number of aliphatic hydroxyl groups excluding tert-OH is 1. The van der Waals surface area contributed by atoms with E-state index in [-0.39, 0.29) is 13.2 Å². The second-order valence-corrected chi connectivity index (χ2v) is 5.74.